The van der Waals surface area contributed by atoms with Crippen LogP contribution < -0.4 is 14.5 Å². The third-order valence-electron chi connectivity index (χ3n) is 7.78. The molecule has 0 aliphatic carbocycles. The van der Waals surface area contributed by atoms with E-state index in [4.69, 9.17) is 24.3 Å². The Bertz CT molecular complexity index is 1850. The number of carbonyl (C=O) groups excluding carboxylic acids is 2. The maximum atomic E-state index is 13.1. The minimum Gasteiger partial charge on any atom is -0.494 e. The first-order chi connectivity index (χ1) is 23.9. The number of anilines is 1. The molecule has 0 aliphatic heterocycles. The van der Waals surface area contributed by atoms with E-state index in [-0.39, 0.29) is 0 Å². The van der Waals surface area contributed by atoms with Gasteiger partial charge in [-0.3, -0.25) is 0 Å². The van der Waals surface area contributed by atoms with Crippen molar-refractivity contribution in [3.8, 4) is 22.6 Å². The van der Waals surface area contributed by atoms with Crippen molar-refractivity contribution < 1.29 is 23.8 Å². The second-order valence-electron chi connectivity index (χ2n) is 11.5. The molecule has 0 N–H and O–H groups in total. The molecule has 0 radical (unpaired) electrons. The van der Waals surface area contributed by atoms with Gasteiger partial charge in [0.25, 0.3) is 0 Å². The standard InChI is InChI=1S/C40H41N3O5S/c1-4-12-29-15-17-30(18-16-29)35-24-23-34(27-32(35)28-41-43(3)40-42-36-13-8-9-14-37(36)49-40)48-39(45)31-19-21-33(22-20-31)46-25-10-6-7-11-26-47-38(44)5-2/h5,8-9,13-24,27-28H,2,4,6-7,10-12,25-26H2,1,3H3/b41-28+. The number of hydrazone groups is 1. The van der Waals surface area contributed by atoms with Gasteiger partial charge in [0.15, 0.2) is 0 Å². The molecule has 5 aromatic rings. The van der Waals surface area contributed by atoms with Gasteiger partial charge < -0.3 is 14.2 Å². The van der Waals surface area contributed by atoms with E-state index in [9.17, 15) is 9.59 Å². The zero-order valence-corrected chi connectivity index (χ0v) is 28.8. The third kappa shape index (κ3) is 10.1. The molecule has 49 heavy (non-hydrogen) atoms. The van der Waals surface area contributed by atoms with Gasteiger partial charge in [0, 0.05) is 18.7 Å². The summed E-state index contributed by atoms with van der Waals surface area (Å²) in [6.45, 7) is 6.52. The van der Waals surface area contributed by atoms with Gasteiger partial charge in [-0.15, -0.1) is 0 Å². The lowest BCUT2D eigenvalue weighted by molar-refractivity contribution is -0.137. The van der Waals surface area contributed by atoms with Crippen LogP contribution in [0.25, 0.3) is 21.3 Å². The van der Waals surface area contributed by atoms with Crippen LogP contribution in [0.15, 0.2) is 109 Å². The molecule has 0 saturated carbocycles. The highest BCUT2D eigenvalue weighted by atomic mass is 32.1. The molecule has 0 spiro atoms. The van der Waals surface area contributed by atoms with Crippen LogP contribution in [0.2, 0.25) is 0 Å². The van der Waals surface area contributed by atoms with Crippen molar-refractivity contribution in [1.82, 2.24) is 4.98 Å². The number of thiazole rings is 1. The van der Waals surface area contributed by atoms with Crippen LogP contribution in [-0.2, 0) is 16.0 Å². The van der Waals surface area contributed by atoms with E-state index < -0.39 is 11.9 Å². The molecule has 5 rings (SSSR count). The monoisotopic (exact) mass is 675 g/mol. The second kappa shape index (κ2) is 17.8. The van der Waals surface area contributed by atoms with Crippen molar-refractivity contribution >= 4 is 44.8 Å². The minimum absolute atomic E-state index is 0.392. The summed E-state index contributed by atoms with van der Waals surface area (Å²) in [6.07, 6.45) is 8.65. The maximum absolute atomic E-state index is 13.1. The van der Waals surface area contributed by atoms with Gasteiger partial charge >= 0.3 is 11.9 Å². The zero-order valence-electron chi connectivity index (χ0n) is 28.0. The van der Waals surface area contributed by atoms with Crippen molar-refractivity contribution in [3.63, 3.8) is 0 Å². The summed E-state index contributed by atoms with van der Waals surface area (Å²) in [7, 11) is 1.87. The number of aromatic nitrogens is 1. The number of carbonyl (C=O) groups is 2. The first-order valence-corrected chi connectivity index (χ1v) is 17.4. The normalized spacial score (nSPS) is 11.1. The van der Waals surface area contributed by atoms with Gasteiger partial charge in [-0.2, -0.15) is 5.10 Å². The van der Waals surface area contributed by atoms with Gasteiger partial charge in [0.1, 0.15) is 11.5 Å². The Morgan fingerprint density at radius 3 is 2.37 bits per heavy atom. The molecule has 0 aliphatic rings. The highest BCUT2D eigenvalue weighted by molar-refractivity contribution is 7.22. The van der Waals surface area contributed by atoms with E-state index in [1.807, 2.05) is 49.5 Å². The van der Waals surface area contributed by atoms with Crippen molar-refractivity contribution in [1.29, 1.82) is 0 Å². The lowest BCUT2D eigenvalue weighted by Gasteiger charge is -2.12. The number of unbranched alkanes of at least 4 members (excludes halogenated alkanes) is 3. The fourth-order valence-corrected chi connectivity index (χ4v) is 6.03. The number of esters is 2. The summed E-state index contributed by atoms with van der Waals surface area (Å²) >= 11 is 1.57. The summed E-state index contributed by atoms with van der Waals surface area (Å²) in [5, 5.41) is 7.25. The van der Waals surface area contributed by atoms with Crippen LogP contribution in [0.4, 0.5) is 5.13 Å². The lowest BCUT2D eigenvalue weighted by atomic mass is 9.98. The van der Waals surface area contributed by atoms with E-state index in [2.05, 4.69) is 37.8 Å². The summed E-state index contributed by atoms with van der Waals surface area (Å²) in [4.78, 5) is 28.9. The highest BCUT2D eigenvalue weighted by Gasteiger charge is 2.13. The Labute approximate surface area is 291 Å². The molecule has 1 aromatic heterocycles. The first kappa shape index (κ1) is 35.0. The van der Waals surface area contributed by atoms with Gasteiger partial charge in [-0.25, -0.2) is 19.6 Å². The molecular weight excluding hydrogens is 635 g/mol. The van der Waals surface area contributed by atoms with Gasteiger partial charge in [0.2, 0.25) is 5.13 Å². The van der Waals surface area contributed by atoms with Gasteiger partial charge in [-0.05, 0) is 97.3 Å². The number of fused-ring (bicyclic) bond motifs is 1. The number of para-hydroxylation sites is 1. The van der Waals surface area contributed by atoms with E-state index in [0.717, 1.165) is 70.6 Å². The van der Waals surface area contributed by atoms with Crippen molar-refractivity contribution in [2.75, 3.05) is 25.3 Å². The van der Waals surface area contributed by atoms with Crippen LogP contribution in [0, 0.1) is 0 Å². The van der Waals surface area contributed by atoms with E-state index in [1.165, 1.54) is 11.6 Å². The number of hydrogen-bond donors (Lipinski definition) is 0. The molecule has 0 saturated heterocycles. The molecule has 252 valence electrons. The largest absolute Gasteiger partial charge is 0.494 e. The van der Waals surface area contributed by atoms with Crippen LogP contribution in [0.3, 0.4) is 0 Å². The number of ether oxygens (including phenoxy) is 3. The summed E-state index contributed by atoms with van der Waals surface area (Å²) < 4.78 is 17.7. The molecule has 0 atom stereocenters. The molecule has 4 aromatic carbocycles. The smallest absolute Gasteiger partial charge is 0.343 e. The van der Waals surface area contributed by atoms with E-state index in [0.29, 0.717) is 30.3 Å². The minimum atomic E-state index is -0.463. The summed E-state index contributed by atoms with van der Waals surface area (Å²) in [6, 6.07) is 29.1. The number of hydrogen-bond acceptors (Lipinski definition) is 9. The zero-order chi connectivity index (χ0) is 34.4. The Morgan fingerprint density at radius 2 is 1.63 bits per heavy atom. The topological polar surface area (TPSA) is 90.3 Å². The van der Waals surface area contributed by atoms with E-state index >= 15 is 0 Å². The molecule has 0 bridgehead atoms. The van der Waals surface area contributed by atoms with Crippen molar-refractivity contribution in [2.45, 2.75) is 45.4 Å². The summed E-state index contributed by atoms with van der Waals surface area (Å²) in [5.41, 5.74) is 5.47. The Hall–Kier alpha value is -5.28. The van der Waals surface area contributed by atoms with Gasteiger partial charge in [-0.1, -0.05) is 73.7 Å². The van der Waals surface area contributed by atoms with Crippen molar-refractivity contribution in [3.05, 3.63) is 120 Å². The molecule has 0 amide bonds. The fourth-order valence-electron chi connectivity index (χ4n) is 5.14. The first-order valence-electron chi connectivity index (χ1n) is 16.5. The Morgan fingerprint density at radius 1 is 0.898 bits per heavy atom. The Kier molecular flexibility index (Phi) is 12.7. The average Bonchev–Trinajstić information content (AvgIpc) is 3.57. The third-order valence-corrected chi connectivity index (χ3v) is 8.88. The number of nitrogens with zero attached hydrogens (tertiary/aromatic N) is 3. The quantitative estimate of drug-likeness (QED) is 0.0242. The Balaban J connectivity index is 1.23. The average molecular weight is 676 g/mol. The number of benzene rings is 4. The number of aryl methyl sites for hydroxylation is 1. The van der Waals surface area contributed by atoms with Crippen LogP contribution in [-0.4, -0.2) is 43.4 Å². The molecule has 9 heteroatoms. The van der Waals surface area contributed by atoms with Crippen molar-refractivity contribution in [2.24, 2.45) is 5.10 Å². The predicted molar refractivity (Wildman–Crippen MR) is 198 cm³/mol. The number of rotatable bonds is 17. The molecule has 8 nitrogen and oxygen atoms in total. The van der Waals surface area contributed by atoms with Gasteiger partial charge in [0.05, 0.1) is 35.2 Å². The molecule has 1 heterocycles. The maximum Gasteiger partial charge on any atom is 0.343 e. The van der Waals surface area contributed by atoms with Crippen LogP contribution in [0.5, 0.6) is 11.5 Å². The molecule has 0 unspecified atom stereocenters. The van der Waals surface area contributed by atoms with Crippen LogP contribution in [0.1, 0.15) is 60.5 Å². The SMILES string of the molecule is C=CC(=O)OCCCCCCOc1ccc(C(=O)Oc2ccc(-c3ccc(CCC)cc3)c(/C=N/N(C)c3nc4ccccc4s3)c2)cc1. The highest BCUT2D eigenvalue weighted by Crippen LogP contribution is 2.30. The van der Waals surface area contributed by atoms with Crippen LogP contribution >= 0.6 is 11.3 Å². The fraction of sp³-hybridized carbons (Fsp3) is 0.250. The predicted octanol–water partition coefficient (Wildman–Crippen LogP) is 9.27. The summed E-state index contributed by atoms with van der Waals surface area (Å²) in [5.74, 6) is 0.244. The molecule has 0 fully saturated rings. The van der Waals surface area contributed by atoms with E-state index in [1.54, 1.807) is 46.8 Å². The lowest BCUT2D eigenvalue weighted by Crippen LogP contribution is -2.10. The second-order valence-corrected chi connectivity index (χ2v) is 12.5. The molecular formula is C40H41N3O5S.